The van der Waals surface area contributed by atoms with Crippen molar-refractivity contribution in [2.45, 2.75) is 82.3 Å². The predicted octanol–water partition coefficient (Wildman–Crippen LogP) is 17.7. The zero-order valence-corrected chi connectivity index (χ0v) is 53.2. The predicted molar refractivity (Wildman–Crippen MR) is 370 cm³/mol. The van der Waals surface area contributed by atoms with Crippen molar-refractivity contribution in [2.75, 3.05) is 29.4 Å². The Bertz CT molecular complexity index is 4230. The van der Waals surface area contributed by atoms with Gasteiger partial charge in [-0.3, -0.25) is 0 Å². The van der Waals surface area contributed by atoms with Gasteiger partial charge in [0.15, 0.2) is 16.1 Å². The Labute approximate surface area is 508 Å². The second kappa shape index (κ2) is 17.6. The molecule has 6 aliphatic heterocycles. The van der Waals surface area contributed by atoms with Gasteiger partial charge < -0.3 is 29.4 Å². The molecule has 6 aliphatic rings. The fourth-order valence-electron chi connectivity index (χ4n) is 16.3. The van der Waals surface area contributed by atoms with Crippen molar-refractivity contribution in [2.24, 2.45) is 0 Å². The number of fused-ring (bicyclic) bond motifs is 2. The molecule has 6 heterocycles. The summed E-state index contributed by atoms with van der Waals surface area (Å²) in [5.74, 6) is 0. The fraction of sp³-hybridized carbons (Fsp3) is 0.154. The molecular weight excluding hydrogens is 1080 g/mol. The monoisotopic (exact) mass is 1140 g/mol. The molecule has 86 heavy (non-hydrogen) atoms. The van der Waals surface area contributed by atoms with Gasteiger partial charge in [0.25, 0.3) is 0 Å². The minimum Gasteiger partial charge on any atom is -0.311 e. The maximum Gasteiger partial charge on any atom is 0.161 e. The Balaban J connectivity index is 1.16. The second-order valence-electron chi connectivity index (χ2n) is 26.1. The van der Waals surface area contributed by atoms with Crippen LogP contribution in [0, 0.1) is 69.2 Å². The normalized spacial score (nSPS) is 15.3. The highest BCUT2D eigenvalue weighted by Crippen LogP contribution is 2.63. The van der Waals surface area contributed by atoms with E-state index in [2.05, 4.69) is 306 Å². The number of aryl methyl sites for hydroxylation is 10. The standard InChI is InChI=1S/C78H68N6Si2/c1-45-13-25-55(26-14-45)79-61-37-51(7)41-65-73(61)85(11)74-62(79)38-52(8)42-66(74)82(58-31-19-48(4)20-32-58)70-72-78-71(69(77(70)85)81(65)57-29-17-47(3)18-30-57)83(59-33-21-49(5)22-34-59)67-43-53(9)39-63-75(67)86(78,12)76-64(80(63)56-27-15-46(2)16-28-56)40-54(10)44-68(76)84(72)60-35-23-50(6)24-36-60/h13-44H,1-12H3. The van der Waals surface area contributed by atoms with Crippen LogP contribution in [0.15, 0.2) is 194 Å². The zero-order chi connectivity index (χ0) is 58.7. The first-order valence-corrected chi connectivity index (χ1v) is 35.6. The summed E-state index contributed by atoms with van der Waals surface area (Å²) in [4.78, 5) is 16.3. The molecular formula is C78H68N6Si2. The summed E-state index contributed by atoms with van der Waals surface area (Å²) in [6.07, 6.45) is 0. The molecule has 0 bridgehead atoms. The Hall–Kier alpha value is -9.35. The van der Waals surface area contributed by atoms with Crippen LogP contribution in [0.2, 0.25) is 13.1 Å². The maximum absolute atomic E-state index is 3.25. The molecule has 6 nitrogen and oxygen atoms in total. The van der Waals surface area contributed by atoms with E-state index in [1.807, 2.05) is 0 Å². The summed E-state index contributed by atoms with van der Waals surface area (Å²) in [5.41, 5.74) is 34.7. The molecule has 0 unspecified atom stereocenters. The van der Waals surface area contributed by atoms with Crippen molar-refractivity contribution in [3.8, 4) is 0 Å². The molecule has 0 spiro atoms. The molecule has 0 radical (unpaired) electrons. The van der Waals surface area contributed by atoms with Crippen molar-refractivity contribution in [1.82, 2.24) is 0 Å². The molecule has 0 atom stereocenters. The molecule has 17 rings (SSSR count). The molecule has 0 N–H and O–H groups in total. The van der Waals surface area contributed by atoms with Gasteiger partial charge in [-0.1, -0.05) is 119 Å². The number of hydrogen-bond acceptors (Lipinski definition) is 6. The molecule has 0 amide bonds. The van der Waals surface area contributed by atoms with Crippen molar-refractivity contribution in [3.63, 3.8) is 0 Å². The van der Waals surface area contributed by atoms with Gasteiger partial charge >= 0.3 is 0 Å². The second-order valence-corrected chi connectivity index (χ2v) is 33.6. The molecule has 0 saturated carbocycles. The Morgan fingerprint density at radius 2 is 0.337 bits per heavy atom. The van der Waals surface area contributed by atoms with E-state index in [4.69, 9.17) is 0 Å². The van der Waals surface area contributed by atoms with Gasteiger partial charge in [0.1, 0.15) is 0 Å². The third-order valence-electron chi connectivity index (χ3n) is 19.9. The highest BCUT2D eigenvalue weighted by Gasteiger charge is 2.64. The van der Waals surface area contributed by atoms with Gasteiger partial charge in [-0.05, 0) is 234 Å². The van der Waals surface area contributed by atoms with Crippen LogP contribution >= 0.6 is 0 Å². The van der Waals surface area contributed by atoms with E-state index >= 15 is 0 Å². The summed E-state index contributed by atoms with van der Waals surface area (Å²) in [5, 5.41) is 8.70. The smallest absolute Gasteiger partial charge is 0.161 e. The van der Waals surface area contributed by atoms with Gasteiger partial charge in [0.05, 0.1) is 22.7 Å². The van der Waals surface area contributed by atoms with E-state index in [1.54, 1.807) is 0 Å². The van der Waals surface area contributed by atoms with Crippen molar-refractivity contribution < 1.29 is 0 Å². The molecule has 11 aromatic carbocycles. The minimum absolute atomic E-state index is 1.16. The lowest BCUT2D eigenvalue weighted by Gasteiger charge is -2.60. The van der Waals surface area contributed by atoms with Crippen LogP contribution < -0.4 is 60.5 Å². The average molecular weight is 1150 g/mol. The fourth-order valence-corrected chi connectivity index (χ4v) is 26.1. The number of nitrogens with zero attached hydrogens (tertiary/aromatic N) is 6. The van der Waals surface area contributed by atoms with Crippen LogP contribution in [-0.2, 0) is 0 Å². The zero-order valence-electron chi connectivity index (χ0n) is 51.2. The quantitative estimate of drug-likeness (QED) is 0.153. The minimum atomic E-state index is -3.25. The van der Waals surface area contributed by atoms with E-state index in [0.29, 0.717) is 0 Å². The Morgan fingerprint density at radius 3 is 0.512 bits per heavy atom. The molecule has 0 saturated heterocycles. The molecule has 0 fully saturated rings. The van der Waals surface area contributed by atoms with E-state index in [9.17, 15) is 0 Å². The van der Waals surface area contributed by atoms with Crippen LogP contribution in [0.1, 0.15) is 55.6 Å². The van der Waals surface area contributed by atoms with Crippen LogP contribution in [0.3, 0.4) is 0 Å². The van der Waals surface area contributed by atoms with Crippen LogP contribution in [0.5, 0.6) is 0 Å². The van der Waals surface area contributed by atoms with Gasteiger partial charge in [-0.25, -0.2) is 0 Å². The molecule has 11 aromatic rings. The van der Waals surface area contributed by atoms with Gasteiger partial charge in [0, 0.05) is 90.0 Å². The summed E-state index contributed by atoms with van der Waals surface area (Å²) >= 11 is 0. The van der Waals surface area contributed by atoms with Gasteiger partial charge in [-0.2, -0.15) is 0 Å². The first-order chi connectivity index (χ1) is 41.5. The molecule has 418 valence electrons. The number of anilines is 18. The van der Waals surface area contributed by atoms with Crippen molar-refractivity contribution >= 4 is 150 Å². The third kappa shape index (κ3) is 6.66. The van der Waals surface area contributed by atoms with E-state index in [1.165, 1.54) is 166 Å². The summed E-state index contributed by atoms with van der Waals surface area (Å²) in [6, 6.07) is 76.7. The van der Waals surface area contributed by atoms with Crippen LogP contribution in [0.4, 0.5) is 102 Å². The maximum atomic E-state index is 2.77. The van der Waals surface area contributed by atoms with Crippen LogP contribution in [0.25, 0.3) is 0 Å². The topological polar surface area (TPSA) is 19.4 Å². The Morgan fingerprint density at radius 1 is 0.186 bits per heavy atom. The molecule has 0 aromatic heterocycles. The van der Waals surface area contributed by atoms with Crippen LogP contribution in [-0.4, -0.2) is 16.1 Å². The molecule has 8 heteroatoms. The highest BCUT2D eigenvalue weighted by molar-refractivity contribution is 7.19. The third-order valence-corrected chi connectivity index (χ3v) is 28.9. The van der Waals surface area contributed by atoms with E-state index in [-0.39, 0.29) is 0 Å². The lowest BCUT2D eigenvalue weighted by Crippen LogP contribution is -2.77. The summed E-state index contributed by atoms with van der Waals surface area (Å²) in [7, 11) is -6.51. The number of rotatable bonds is 6. The lowest BCUT2D eigenvalue weighted by atomic mass is 9.98. The largest absolute Gasteiger partial charge is 0.311 e. The van der Waals surface area contributed by atoms with Gasteiger partial charge in [0.2, 0.25) is 0 Å². The van der Waals surface area contributed by atoms with Crippen molar-refractivity contribution in [3.05, 3.63) is 250 Å². The number of hydrogen-bond donors (Lipinski definition) is 0. The van der Waals surface area contributed by atoms with E-state index in [0.717, 1.165) is 22.7 Å². The lowest BCUT2D eigenvalue weighted by molar-refractivity contribution is 1.15. The SMILES string of the molecule is Cc1ccc(N2c3cc(C)cc4c3[Si]3(C)c5c2cc(C)cc5N(c2ccc(C)cc2)c2c5c6c(c(c23)N4c2ccc(C)cc2)N(c2ccc(C)cc2)c2cc(C)cc3c2[Si]6(C)c2c(cc(C)cc2N5c2ccc(C)cc2)N3c2ccc(C)cc2)cc1. The van der Waals surface area contributed by atoms with Gasteiger partial charge in [-0.15, -0.1) is 0 Å². The highest BCUT2D eigenvalue weighted by atomic mass is 28.3. The molecule has 0 aliphatic carbocycles. The van der Waals surface area contributed by atoms with E-state index < -0.39 is 16.1 Å². The summed E-state index contributed by atoms with van der Waals surface area (Å²) in [6.45, 7) is 28.1. The Kier molecular flexibility index (Phi) is 10.5. The number of benzene rings is 11. The average Bonchev–Trinajstić information content (AvgIpc) is 0.648. The first-order valence-electron chi connectivity index (χ1n) is 30.6. The first kappa shape index (κ1) is 51.1. The van der Waals surface area contributed by atoms with Crippen molar-refractivity contribution in [1.29, 1.82) is 0 Å². The summed E-state index contributed by atoms with van der Waals surface area (Å²) < 4.78 is 0.